The fraction of sp³-hybridized carbons (Fsp3) is 1.00. The van der Waals surface area contributed by atoms with Gasteiger partial charge in [-0.1, -0.05) is 6.92 Å². The van der Waals surface area contributed by atoms with E-state index in [1.165, 1.54) is 0 Å². The standard InChI is InChI=1S/C6H15NO2.H2O/c1-2-7(3-5-8)4-6-9;/h8-9H,2-6H2,1H3;1H2. The zero-order valence-electron chi connectivity index (χ0n) is 6.38. The minimum absolute atomic E-state index is 0. The molecule has 0 spiro atoms. The molecule has 0 aromatic carbocycles. The summed E-state index contributed by atoms with van der Waals surface area (Å²) in [5, 5.41) is 16.9. The van der Waals surface area contributed by atoms with Gasteiger partial charge in [-0.05, 0) is 6.54 Å². The Morgan fingerprint density at radius 2 is 1.50 bits per heavy atom. The van der Waals surface area contributed by atoms with Crippen LogP contribution in [0.1, 0.15) is 6.92 Å². The molecule has 4 N–H and O–H groups in total. The van der Waals surface area contributed by atoms with Crippen molar-refractivity contribution in [2.75, 3.05) is 32.8 Å². The number of hydrogen-bond acceptors (Lipinski definition) is 3. The molecule has 0 saturated heterocycles. The van der Waals surface area contributed by atoms with Crippen LogP contribution < -0.4 is 0 Å². The number of hydrogen-bond donors (Lipinski definition) is 2. The highest BCUT2D eigenvalue weighted by Crippen LogP contribution is 1.83. The molecule has 0 aliphatic carbocycles. The van der Waals surface area contributed by atoms with E-state index in [0.29, 0.717) is 13.1 Å². The SMILES string of the molecule is CCN(CCO)CCO.O. The molecule has 0 saturated carbocycles. The van der Waals surface area contributed by atoms with Gasteiger partial charge in [-0.3, -0.25) is 4.90 Å². The van der Waals surface area contributed by atoms with Crippen molar-refractivity contribution in [2.24, 2.45) is 0 Å². The molecule has 64 valence electrons. The van der Waals surface area contributed by atoms with Crippen molar-refractivity contribution in [1.82, 2.24) is 4.90 Å². The second kappa shape index (κ2) is 8.84. The number of likely N-dealkylation sites (N-methyl/N-ethyl adjacent to an activating group) is 1. The van der Waals surface area contributed by atoms with Gasteiger partial charge in [0.25, 0.3) is 0 Å². The second-order valence-electron chi connectivity index (χ2n) is 1.88. The van der Waals surface area contributed by atoms with E-state index in [0.717, 1.165) is 6.54 Å². The molecule has 0 aromatic rings. The lowest BCUT2D eigenvalue weighted by atomic mass is 10.5. The predicted molar refractivity (Wildman–Crippen MR) is 39.9 cm³/mol. The molecule has 0 aromatic heterocycles. The third kappa shape index (κ3) is 5.97. The first-order valence-corrected chi connectivity index (χ1v) is 3.29. The van der Waals surface area contributed by atoms with Crippen molar-refractivity contribution < 1.29 is 15.7 Å². The molecule has 4 nitrogen and oxygen atoms in total. The molecule has 10 heavy (non-hydrogen) atoms. The first-order valence-electron chi connectivity index (χ1n) is 3.29. The van der Waals surface area contributed by atoms with Gasteiger partial charge < -0.3 is 15.7 Å². The van der Waals surface area contributed by atoms with Crippen LogP contribution in [0.4, 0.5) is 0 Å². The van der Waals surface area contributed by atoms with E-state index in [-0.39, 0.29) is 18.7 Å². The Labute approximate surface area is 61.4 Å². The minimum atomic E-state index is 0. The Balaban J connectivity index is 0. The van der Waals surface area contributed by atoms with Crippen LogP contribution >= 0.6 is 0 Å². The third-order valence-corrected chi connectivity index (χ3v) is 1.28. The Kier molecular flexibility index (Phi) is 11.1. The van der Waals surface area contributed by atoms with Gasteiger partial charge in [0.15, 0.2) is 0 Å². The molecule has 0 radical (unpaired) electrons. The van der Waals surface area contributed by atoms with Gasteiger partial charge in [0.1, 0.15) is 0 Å². The molecule has 4 heteroatoms. The first kappa shape index (κ1) is 12.5. The van der Waals surface area contributed by atoms with E-state index in [1.807, 2.05) is 11.8 Å². The average molecular weight is 151 g/mol. The highest BCUT2D eigenvalue weighted by molar-refractivity contribution is 4.51. The quantitative estimate of drug-likeness (QED) is 0.500. The van der Waals surface area contributed by atoms with Gasteiger partial charge in [-0.15, -0.1) is 0 Å². The van der Waals surface area contributed by atoms with Crippen molar-refractivity contribution in [3.63, 3.8) is 0 Å². The molecule has 0 aliphatic heterocycles. The topological polar surface area (TPSA) is 75.2 Å². The maximum Gasteiger partial charge on any atom is 0.0558 e. The van der Waals surface area contributed by atoms with Crippen molar-refractivity contribution in [2.45, 2.75) is 6.92 Å². The summed E-state index contributed by atoms with van der Waals surface area (Å²) in [7, 11) is 0. The zero-order valence-corrected chi connectivity index (χ0v) is 6.38. The molecule has 0 heterocycles. The number of nitrogens with zero attached hydrogens (tertiary/aromatic N) is 1. The molecule has 0 fully saturated rings. The van der Waals surface area contributed by atoms with Crippen LogP contribution in [0, 0.1) is 0 Å². The lowest BCUT2D eigenvalue weighted by Gasteiger charge is -2.16. The molecule has 0 atom stereocenters. The summed E-state index contributed by atoms with van der Waals surface area (Å²) in [6.45, 7) is 4.57. The van der Waals surface area contributed by atoms with Gasteiger partial charge in [-0.25, -0.2) is 0 Å². The van der Waals surface area contributed by atoms with E-state index in [4.69, 9.17) is 10.2 Å². The smallest absolute Gasteiger partial charge is 0.0558 e. The highest BCUT2D eigenvalue weighted by Gasteiger charge is 1.97. The molecular weight excluding hydrogens is 134 g/mol. The Morgan fingerprint density at radius 3 is 1.70 bits per heavy atom. The summed E-state index contributed by atoms with van der Waals surface area (Å²) >= 11 is 0. The van der Waals surface area contributed by atoms with E-state index >= 15 is 0 Å². The minimum Gasteiger partial charge on any atom is -0.412 e. The van der Waals surface area contributed by atoms with E-state index < -0.39 is 0 Å². The van der Waals surface area contributed by atoms with E-state index in [9.17, 15) is 0 Å². The fourth-order valence-electron chi connectivity index (χ4n) is 0.711. The molecule has 0 bridgehead atoms. The summed E-state index contributed by atoms with van der Waals surface area (Å²) in [4.78, 5) is 1.99. The van der Waals surface area contributed by atoms with Crippen molar-refractivity contribution >= 4 is 0 Å². The zero-order chi connectivity index (χ0) is 7.11. The number of aliphatic hydroxyl groups is 2. The normalized spacial score (nSPS) is 9.60. The summed E-state index contributed by atoms with van der Waals surface area (Å²) in [6.07, 6.45) is 0. The van der Waals surface area contributed by atoms with Gasteiger partial charge >= 0.3 is 0 Å². The summed E-state index contributed by atoms with van der Waals surface area (Å²) in [6, 6.07) is 0. The lowest BCUT2D eigenvalue weighted by Crippen LogP contribution is -2.29. The molecule has 0 amide bonds. The van der Waals surface area contributed by atoms with E-state index in [2.05, 4.69) is 0 Å². The molecule has 0 aliphatic rings. The highest BCUT2D eigenvalue weighted by atomic mass is 16.3. The first-order chi connectivity index (χ1) is 4.35. The van der Waals surface area contributed by atoms with E-state index in [1.54, 1.807) is 0 Å². The lowest BCUT2D eigenvalue weighted by molar-refractivity contribution is 0.166. The average Bonchev–Trinajstić information content (AvgIpc) is 1.88. The molecule has 0 unspecified atom stereocenters. The van der Waals surface area contributed by atoms with Gasteiger partial charge in [0.2, 0.25) is 0 Å². The van der Waals surface area contributed by atoms with Crippen LogP contribution in [0.15, 0.2) is 0 Å². The third-order valence-electron chi connectivity index (χ3n) is 1.28. The number of aliphatic hydroxyl groups excluding tert-OH is 2. The van der Waals surface area contributed by atoms with Crippen LogP contribution in [0.5, 0.6) is 0 Å². The predicted octanol–water partition coefficient (Wildman–Crippen LogP) is -1.53. The van der Waals surface area contributed by atoms with Crippen molar-refractivity contribution in [3.8, 4) is 0 Å². The Bertz CT molecular complexity index is 55.0. The summed E-state index contributed by atoms with van der Waals surface area (Å²) < 4.78 is 0. The van der Waals surface area contributed by atoms with Crippen LogP contribution in [-0.2, 0) is 0 Å². The van der Waals surface area contributed by atoms with Crippen molar-refractivity contribution in [3.05, 3.63) is 0 Å². The summed E-state index contributed by atoms with van der Waals surface area (Å²) in [5.41, 5.74) is 0. The van der Waals surface area contributed by atoms with Crippen LogP contribution in [0.25, 0.3) is 0 Å². The van der Waals surface area contributed by atoms with Gasteiger partial charge in [0, 0.05) is 13.1 Å². The number of rotatable bonds is 5. The Hall–Kier alpha value is -0.160. The molecule has 0 rings (SSSR count). The van der Waals surface area contributed by atoms with Crippen LogP contribution in [0.3, 0.4) is 0 Å². The maximum absolute atomic E-state index is 8.47. The summed E-state index contributed by atoms with van der Waals surface area (Å²) in [5.74, 6) is 0. The monoisotopic (exact) mass is 151 g/mol. The molecular formula is C6H17NO3. The van der Waals surface area contributed by atoms with Crippen molar-refractivity contribution in [1.29, 1.82) is 0 Å². The van der Waals surface area contributed by atoms with Gasteiger partial charge in [0.05, 0.1) is 13.2 Å². The second-order valence-corrected chi connectivity index (χ2v) is 1.88. The fourth-order valence-corrected chi connectivity index (χ4v) is 0.711. The van der Waals surface area contributed by atoms with Crippen LogP contribution in [0.2, 0.25) is 0 Å². The van der Waals surface area contributed by atoms with Crippen LogP contribution in [-0.4, -0.2) is 53.4 Å². The van der Waals surface area contributed by atoms with Gasteiger partial charge in [-0.2, -0.15) is 0 Å². The maximum atomic E-state index is 8.47. The largest absolute Gasteiger partial charge is 0.412 e. The Morgan fingerprint density at radius 1 is 1.10 bits per heavy atom.